The van der Waals surface area contributed by atoms with Crippen LogP contribution in [0.2, 0.25) is 4.34 Å². The molecule has 0 radical (unpaired) electrons. The lowest BCUT2D eigenvalue weighted by atomic mass is 10.2. The van der Waals surface area contributed by atoms with Crippen LogP contribution in [0.1, 0.15) is 5.69 Å². The van der Waals surface area contributed by atoms with Crippen molar-refractivity contribution in [3.63, 3.8) is 0 Å². The first kappa shape index (κ1) is 12.0. The fourth-order valence-electron chi connectivity index (χ4n) is 1.34. The Kier molecular flexibility index (Phi) is 3.97. The van der Waals surface area contributed by atoms with Crippen LogP contribution in [0, 0.1) is 0 Å². The molecule has 5 heteroatoms. The normalized spacial score (nSPS) is 10.7. The van der Waals surface area contributed by atoms with Crippen molar-refractivity contribution in [3.05, 3.63) is 38.8 Å². The molecule has 2 rings (SSSR count). The van der Waals surface area contributed by atoms with Gasteiger partial charge in [0.1, 0.15) is 9.34 Å². The minimum absolute atomic E-state index is 0.0683. The molecule has 84 valence electrons. The molecule has 16 heavy (non-hydrogen) atoms. The van der Waals surface area contributed by atoms with Crippen LogP contribution in [-0.2, 0) is 6.42 Å². The second-order valence-electron chi connectivity index (χ2n) is 3.19. The van der Waals surface area contributed by atoms with Crippen molar-refractivity contribution in [2.75, 3.05) is 6.61 Å². The molecule has 0 bridgehead atoms. The number of aromatic nitrogens is 1. The molecule has 1 aromatic heterocycles. The standard InChI is InChI=1S/C11H9BrClNOS/c12-8-4-2-1-3-7(8)11-14-9(5-6-15)10(13)16-11/h1-4,15H,5-6H2. The summed E-state index contributed by atoms with van der Waals surface area (Å²) in [6.45, 7) is 0.0683. The van der Waals surface area contributed by atoms with Gasteiger partial charge in [0.15, 0.2) is 0 Å². The maximum Gasteiger partial charge on any atom is 0.126 e. The highest BCUT2D eigenvalue weighted by Gasteiger charge is 2.12. The first-order valence-electron chi connectivity index (χ1n) is 4.73. The number of benzene rings is 1. The van der Waals surface area contributed by atoms with Crippen molar-refractivity contribution in [1.29, 1.82) is 0 Å². The Bertz CT molecular complexity index is 500. The first-order chi connectivity index (χ1) is 7.72. The van der Waals surface area contributed by atoms with E-state index in [0.717, 1.165) is 20.7 Å². The van der Waals surface area contributed by atoms with Gasteiger partial charge in [0, 0.05) is 23.1 Å². The molecule has 0 fully saturated rings. The molecule has 0 aliphatic heterocycles. The minimum atomic E-state index is 0.0683. The first-order valence-corrected chi connectivity index (χ1v) is 6.72. The third kappa shape index (κ3) is 2.46. The lowest BCUT2D eigenvalue weighted by Gasteiger charge is -1.98. The summed E-state index contributed by atoms with van der Waals surface area (Å²) in [6.07, 6.45) is 0.500. The maximum absolute atomic E-state index is 8.88. The largest absolute Gasteiger partial charge is 0.396 e. The van der Waals surface area contributed by atoms with E-state index in [-0.39, 0.29) is 6.61 Å². The van der Waals surface area contributed by atoms with Crippen molar-refractivity contribution in [3.8, 4) is 10.6 Å². The fourth-order valence-corrected chi connectivity index (χ4v) is 3.18. The average molecular weight is 319 g/mol. The third-order valence-corrected chi connectivity index (χ3v) is 4.16. The number of halogens is 2. The topological polar surface area (TPSA) is 33.1 Å². The highest BCUT2D eigenvalue weighted by molar-refractivity contribution is 9.10. The molecule has 0 spiro atoms. The van der Waals surface area contributed by atoms with Crippen LogP contribution in [0.4, 0.5) is 0 Å². The number of rotatable bonds is 3. The van der Waals surface area contributed by atoms with Crippen LogP contribution in [-0.4, -0.2) is 16.7 Å². The molecule has 0 unspecified atom stereocenters. The van der Waals surface area contributed by atoms with Crippen LogP contribution < -0.4 is 0 Å². The molecule has 1 aromatic carbocycles. The molecule has 0 atom stereocenters. The third-order valence-electron chi connectivity index (χ3n) is 2.10. The van der Waals surface area contributed by atoms with E-state index in [1.807, 2.05) is 24.3 Å². The number of hydrogen-bond donors (Lipinski definition) is 1. The second-order valence-corrected chi connectivity index (χ2v) is 5.65. The number of aliphatic hydroxyl groups excluding tert-OH is 1. The number of hydrogen-bond acceptors (Lipinski definition) is 3. The monoisotopic (exact) mass is 317 g/mol. The molecule has 1 heterocycles. The molecule has 0 aliphatic rings. The van der Waals surface area contributed by atoms with Gasteiger partial charge in [-0.3, -0.25) is 0 Å². The van der Waals surface area contributed by atoms with Crippen LogP contribution in [0.25, 0.3) is 10.6 Å². The van der Waals surface area contributed by atoms with E-state index in [2.05, 4.69) is 20.9 Å². The van der Waals surface area contributed by atoms with Gasteiger partial charge < -0.3 is 5.11 Å². The Morgan fingerprint density at radius 3 is 2.81 bits per heavy atom. The van der Waals surface area contributed by atoms with Crippen LogP contribution >= 0.6 is 38.9 Å². The molecule has 0 saturated carbocycles. The van der Waals surface area contributed by atoms with E-state index in [9.17, 15) is 0 Å². The van der Waals surface area contributed by atoms with E-state index in [0.29, 0.717) is 10.8 Å². The Balaban J connectivity index is 2.42. The Morgan fingerprint density at radius 1 is 1.38 bits per heavy atom. The summed E-state index contributed by atoms with van der Waals surface area (Å²) in [6, 6.07) is 7.87. The van der Waals surface area contributed by atoms with Gasteiger partial charge in [-0.2, -0.15) is 0 Å². The summed E-state index contributed by atoms with van der Waals surface area (Å²) >= 11 is 11.0. The number of aliphatic hydroxyl groups is 1. The quantitative estimate of drug-likeness (QED) is 0.934. The molecule has 2 nitrogen and oxygen atoms in total. The molecule has 1 N–H and O–H groups in total. The summed E-state index contributed by atoms with van der Waals surface area (Å²) in [7, 11) is 0. The van der Waals surface area contributed by atoms with E-state index in [1.165, 1.54) is 11.3 Å². The highest BCUT2D eigenvalue weighted by atomic mass is 79.9. The smallest absolute Gasteiger partial charge is 0.126 e. The SMILES string of the molecule is OCCc1nc(-c2ccccc2Br)sc1Cl. The predicted octanol–water partition coefficient (Wildman–Crippen LogP) is 3.76. The Morgan fingerprint density at radius 2 is 2.12 bits per heavy atom. The minimum Gasteiger partial charge on any atom is -0.396 e. The van der Waals surface area contributed by atoms with Crippen LogP contribution in [0.15, 0.2) is 28.7 Å². The summed E-state index contributed by atoms with van der Waals surface area (Å²) in [4.78, 5) is 4.43. The van der Waals surface area contributed by atoms with Gasteiger partial charge in [-0.15, -0.1) is 11.3 Å². The zero-order valence-corrected chi connectivity index (χ0v) is 11.4. The highest BCUT2D eigenvalue weighted by Crippen LogP contribution is 2.35. The molecular weight excluding hydrogens is 310 g/mol. The summed E-state index contributed by atoms with van der Waals surface area (Å²) in [5, 5.41) is 9.75. The van der Waals surface area contributed by atoms with Gasteiger partial charge in [-0.1, -0.05) is 45.7 Å². The lowest BCUT2D eigenvalue weighted by Crippen LogP contribution is -1.91. The maximum atomic E-state index is 8.88. The van der Waals surface area contributed by atoms with Crippen LogP contribution in [0.5, 0.6) is 0 Å². The molecule has 2 aromatic rings. The zero-order chi connectivity index (χ0) is 11.5. The Hall–Kier alpha value is -0.420. The van der Waals surface area contributed by atoms with Crippen molar-refractivity contribution >= 4 is 38.9 Å². The number of thiazole rings is 1. The number of nitrogens with zero attached hydrogens (tertiary/aromatic N) is 1. The van der Waals surface area contributed by atoms with Gasteiger partial charge >= 0.3 is 0 Å². The van der Waals surface area contributed by atoms with E-state index >= 15 is 0 Å². The van der Waals surface area contributed by atoms with Crippen molar-refractivity contribution in [2.45, 2.75) is 6.42 Å². The van der Waals surface area contributed by atoms with Crippen molar-refractivity contribution in [2.24, 2.45) is 0 Å². The lowest BCUT2D eigenvalue weighted by molar-refractivity contribution is 0.298. The molecule has 0 aliphatic carbocycles. The van der Waals surface area contributed by atoms with Gasteiger partial charge in [0.05, 0.1) is 5.69 Å². The van der Waals surface area contributed by atoms with E-state index in [1.54, 1.807) is 0 Å². The summed E-state index contributed by atoms with van der Waals surface area (Å²) < 4.78 is 1.65. The molecule has 0 saturated heterocycles. The van der Waals surface area contributed by atoms with Gasteiger partial charge in [-0.25, -0.2) is 4.98 Å². The van der Waals surface area contributed by atoms with Gasteiger partial charge in [-0.05, 0) is 6.07 Å². The van der Waals surface area contributed by atoms with E-state index < -0.39 is 0 Å². The Labute approximate surface area is 111 Å². The van der Waals surface area contributed by atoms with Gasteiger partial charge in [0.25, 0.3) is 0 Å². The summed E-state index contributed by atoms with van der Waals surface area (Å²) in [5.74, 6) is 0. The van der Waals surface area contributed by atoms with Gasteiger partial charge in [0.2, 0.25) is 0 Å². The predicted molar refractivity (Wildman–Crippen MR) is 71.0 cm³/mol. The zero-order valence-electron chi connectivity index (χ0n) is 8.28. The summed E-state index contributed by atoms with van der Waals surface area (Å²) in [5.41, 5.74) is 1.79. The van der Waals surface area contributed by atoms with Crippen molar-refractivity contribution in [1.82, 2.24) is 4.98 Å². The van der Waals surface area contributed by atoms with Crippen molar-refractivity contribution < 1.29 is 5.11 Å². The molecule has 0 amide bonds. The van der Waals surface area contributed by atoms with E-state index in [4.69, 9.17) is 16.7 Å². The molecular formula is C11H9BrClNOS. The fraction of sp³-hybridized carbons (Fsp3) is 0.182. The second kappa shape index (κ2) is 5.27. The van der Waals surface area contributed by atoms with Crippen LogP contribution in [0.3, 0.4) is 0 Å². The average Bonchev–Trinajstić information content (AvgIpc) is 2.61.